The molecule has 7 heteroatoms. The van der Waals surface area contributed by atoms with Crippen LogP contribution in [0.2, 0.25) is 0 Å². The van der Waals surface area contributed by atoms with E-state index in [4.69, 9.17) is 23.7 Å². The number of morpholine rings is 1. The molecule has 0 aliphatic carbocycles. The second kappa shape index (κ2) is 9.45. The van der Waals surface area contributed by atoms with E-state index in [1.807, 2.05) is 6.07 Å². The first-order chi connectivity index (χ1) is 16.2. The highest BCUT2D eigenvalue weighted by atomic mass is 16.5. The fourth-order valence-corrected chi connectivity index (χ4v) is 4.77. The zero-order valence-corrected chi connectivity index (χ0v) is 19.6. The molecule has 3 heterocycles. The molecule has 33 heavy (non-hydrogen) atoms. The Labute approximate surface area is 194 Å². The molecular weight excluding hydrogens is 420 g/mol. The molecule has 3 aromatic rings. The van der Waals surface area contributed by atoms with Gasteiger partial charge >= 0.3 is 0 Å². The number of rotatable bonds is 7. The normalized spacial score (nSPS) is 15.6. The van der Waals surface area contributed by atoms with Gasteiger partial charge in [-0.05, 0) is 35.2 Å². The molecule has 7 nitrogen and oxygen atoms in total. The summed E-state index contributed by atoms with van der Waals surface area (Å²) in [5.41, 5.74) is 3.61. The number of aryl methyl sites for hydroxylation is 2. The molecule has 2 aromatic carbocycles. The number of pyridine rings is 1. The van der Waals surface area contributed by atoms with Gasteiger partial charge in [0.2, 0.25) is 5.69 Å². The summed E-state index contributed by atoms with van der Waals surface area (Å²) in [4.78, 5) is 2.37. The highest BCUT2D eigenvalue weighted by Gasteiger charge is 2.27. The molecule has 1 fully saturated rings. The molecule has 0 radical (unpaired) electrons. The van der Waals surface area contributed by atoms with Crippen LogP contribution in [0, 0.1) is 0 Å². The molecule has 174 valence electrons. The van der Waals surface area contributed by atoms with Crippen molar-refractivity contribution in [3.05, 3.63) is 42.1 Å². The third kappa shape index (κ3) is 4.18. The van der Waals surface area contributed by atoms with E-state index in [-0.39, 0.29) is 0 Å². The maximum absolute atomic E-state index is 6.17. The van der Waals surface area contributed by atoms with Gasteiger partial charge in [0.15, 0.2) is 35.7 Å². The summed E-state index contributed by atoms with van der Waals surface area (Å²) in [5.74, 6) is 3.07. The highest BCUT2D eigenvalue weighted by molar-refractivity contribution is 5.91. The first kappa shape index (κ1) is 21.8. The van der Waals surface area contributed by atoms with E-state index in [1.54, 1.807) is 21.3 Å². The van der Waals surface area contributed by atoms with E-state index in [9.17, 15) is 0 Å². The Kier molecular flexibility index (Phi) is 6.24. The van der Waals surface area contributed by atoms with Gasteiger partial charge in [-0.1, -0.05) is 0 Å². The number of benzene rings is 2. The summed E-state index contributed by atoms with van der Waals surface area (Å²) in [6.07, 6.45) is 3.09. The van der Waals surface area contributed by atoms with Crippen LogP contribution in [0.3, 0.4) is 0 Å². The Morgan fingerprint density at radius 2 is 1.76 bits per heavy atom. The topological polar surface area (TPSA) is 53.3 Å². The van der Waals surface area contributed by atoms with Gasteiger partial charge in [0.05, 0.1) is 45.5 Å². The van der Waals surface area contributed by atoms with Gasteiger partial charge in [0.1, 0.15) is 6.61 Å². The third-order valence-corrected chi connectivity index (χ3v) is 6.56. The Bertz CT molecular complexity index is 1160. The number of methoxy groups -OCH3 is 3. The molecule has 5 rings (SSSR count). The van der Waals surface area contributed by atoms with Gasteiger partial charge in [-0.15, -0.1) is 0 Å². The van der Waals surface area contributed by atoms with Crippen LogP contribution < -0.4 is 23.5 Å². The molecule has 1 saturated heterocycles. The SMILES string of the molecule is COc1cc2c(cc1OCCN1CCOCC1)CC[n+]1cc3c(OC)c(OC)ccc3cc1-2. The number of hydrogen-bond acceptors (Lipinski definition) is 6. The summed E-state index contributed by atoms with van der Waals surface area (Å²) in [7, 11) is 5.05. The largest absolute Gasteiger partial charge is 0.493 e. The zero-order chi connectivity index (χ0) is 22.8. The van der Waals surface area contributed by atoms with Crippen molar-refractivity contribution in [2.24, 2.45) is 0 Å². The van der Waals surface area contributed by atoms with E-state index >= 15 is 0 Å². The maximum Gasteiger partial charge on any atom is 0.213 e. The number of hydrogen-bond donors (Lipinski definition) is 0. The smallest absolute Gasteiger partial charge is 0.213 e. The molecule has 0 bridgehead atoms. The van der Waals surface area contributed by atoms with E-state index in [1.165, 1.54) is 11.1 Å². The van der Waals surface area contributed by atoms with Crippen molar-refractivity contribution in [2.75, 3.05) is 60.8 Å². The molecule has 2 aliphatic heterocycles. The average Bonchev–Trinajstić information content (AvgIpc) is 2.86. The van der Waals surface area contributed by atoms with Crippen LogP contribution in [0.1, 0.15) is 5.56 Å². The van der Waals surface area contributed by atoms with Crippen molar-refractivity contribution in [1.82, 2.24) is 4.90 Å². The summed E-state index contributed by atoms with van der Waals surface area (Å²) < 4.78 is 30.7. The van der Waals surface area contributed by atoms with Crippen LogP contribution in [0.5, 0.6) is 23.0 Å². The van der Waals surface area contributed by atoms with E-state index in [0.717, 1.165) is 85.3 Å². The predicted molar refractivity (Wildman–Crippen MR) is 126 cm³/mol. The number of nitrogens with zero attached hydrogens (tertiary/aromatic N) is 2. The van der Waals surface area contributed by atoms with Crippen LogP contribution in [0.4, 0.5) is 0 Å². The summed E-state index contributed by atoms with van der Waals surface area (Å²) in [6, 6.07) is 10.5. The zero-order valence-electron chi connectivity index (χ0n) is 19.6. The lowest BCUT2D eigenvalue weighted by molar-refractivity contribution is -0.686. The lowest BCUT2D eigenvalue weighted by Crippen LogP contribution is -2.40. The van der Waals surface area contributed by atoms with Crippen molar-refractivity contribution in [1.29, 1.82) is 0 Å². The second-order valence-electron chi connectivity index (χ2n) is 8.37. The minimum absolute atomic E-state index is 0.632. The van der Waals surface area contributed by atoms with E-state index in [0.29, 0.717) is 6.61 Å². The molecular formula is C26H31N2O5+. The van der Waals surface area contributed by atoms with Crippen molar-refractivity contribution < 1.29 is 28.3 Å². The molecule has 0 saturated carbocycles. The van der Waals surface area contributed by atoms with Crippen LogP contribution in [-0.4, -0.2) is 65.7 Å². The molecule has 0 N–H and O–H groups in total. The monoisotopic (exact) mass is 451 g/mol. The number of fused-ring (bicyclic) bond motifs is 4. The molecule has 0 spiro atoms. The summed E-state index contributed by atoms with van der Waals surface area (Å²) in [5, 5.41) is 2.15. The third-order valence-electron chi connectivity index (χ3n) is 6.56. The summed E-state index contributed by atoms with van der Waals surface area (Å²) >= 11 is 0. The first-order valence-corrected chi connectivity index (χ1v) is 11.4. The van der Waals surface area contributed by atoms with Gasteiger partial charge in [-0.3, -0.25) is 4.90 Å². The second-order valence-corrected chi connectivity index (χ2v) is 8.37. The van der Waals surface area contributed by atoms with Gasteiger partial charge < -0.3 is 23.7 Å². The van der Waals surface area contributed by atoms with Crippen molar-refractivity contribution >= 4 is 10.8 Å². The molecule has 0 unspecified atom stereocenters. The van der Waals surface area contributed by atoms with Crippen LogP contribution in [0.15, 0.2) is 36.5 Å². The number of ether oxygens (including phenoxy) is 5. The number of aromatic nitrogens is 1. The van der Waals surface area contributed by atoms with Gasteiger partial charge in [0, 0.05) is 32.1 Å². The first-order valence-electron chi connectivity index (χ1n) is 11.4. The maximum atomic E-state index is 6.17. The van der Waals surface area contributed by atoms with Gasteiger partial charge in [-0.25, -0.2) is 0 Å². The highest BCUT2D eigenvalue weighted by Crippen LogP contribution is 2.40. The van der Waals surface area contributed by atoms with E-state index < -0.39 is 0 Å². The summed E-state index contributed by atoms with van der Waals surface area (Å²) in [6.45, 7) is 5.93. The molecule has 1 aromatic heterocycles. The Balaban J connectivity index is 1.45. The minimum Gasteiger partial charge on any atom is -0.493 e. The molecule has 2 aliphatic rings. The average molecular weight is 452 g/mol. The standard InChI is InChI=1S/C26H31N2O5/c1-29-23-5-4-18-14-22-20-16-24(30-2)25(33-13-10-27-8-11-32-12-9-27)15-19(20)6-7-28(22)17-21(18)26(23)31-3/h4-5,14-17H,6-13H2,1-3H3/q+1. The van der Waals surface area contributed by atoms with Crippen LogP contribution >= 0.6 is 0 Å². The van der Waals surface area contributed by atoms with Gasteiger partial charge in [-0.2, -0.15) is 4.57 Å². The molecule has 0 amide bonds. The van der Waals surface area contributed by atoms with Crippen molar-refractivity contribution in [3.63, 3.8) is 0 Å². The van der Waals surface area contributed by atoms with Crippen molar-refractivity contribution in [2.45, 2.75) is 13.0 Å². The fraction of sp³-hybridized carbons (Fsp3) is 0.423. The van der Waals surface area contributed by atoms with E-state index in [2.05, 4.69) is 39.9 Å². The quantitative estimate of drug-likeness (QED) is 0.515. The minimum atomic E-state index is 0.632. The molecule has 0 atom stereocenters. The Morgan fingerprint density at radius 3 is 2.52 bits per heavy atom. The predicted octanol–water partition coefficient (Wildman–Crippen LogP) is 3.09. The van der Waals surface area contributed by atoms with Crippen molar-refractivity contribution in [3.8, 4) is 34.3 Å². The van der Waals surface area contributed by atoms with Gasteiger partial charge in [0.25, 0.3) is 0 Å². The Morgan fingerprint density at radius 1 is 0.939 bits per heavy atom. The van der Waals surface area contributed by atoms with Crippen LogP contribution in [0.25, 0.3) is 22.0 Å². The Hall–Kier alpha value is -3.03. The van der Waals surface area contributed by atoms with Crippen LogP contribution in [-0.2, 0) is 17.7 Å². The lowest BCUT2D eigenvalue weighted by atomic mass is 9.95. The fourth-order valence-electron chi connectivity index (χ4n) is 4.77. The lowest BCUT2D eigenvalue weighted by Gasteiger charge is -2.26.